The summed E-state index contributed by atoms with van der Waals surface area (Å²) in [4.78, 5) is 0. The number of methoxy groups -OCH3 is 1. The third kappa shape index (κ3) is 2.20. The Balaban J connectivity index is 1.66. The van der Waals surface area contributed by atoms with Crippen LogP contribution in [0.3, 0.4) is 0 Å². The minimum atomic E-state index is 0.410. The molecule has 2 heteroatoms. The van der Waals surface area contributed by atoms with E-state index >= 15 is 0 Å². The molecule has 0 aliphatic heterocycles. The lowest BCUT2D eigenvalue weighted by Crippen LogP contribution is -2.42. The Morgan fingerprint density at radius 3 is 2.91 bits per heavy atom. The van der Waals surface area contributed by atoms with Crippen LogP contribution >= 0.6 is 0 Å². The molecule has 2 nitrogen and oxygen atoms in total. The second-order valence-electron chi connectivity index (χ2n) is 8.16. The van der Waals surface area contributed by atoms with Gasteiger partial charge in [0.15, 0.2) is 0 Å². The van der Waals surface area contributed by atoms with Gasteiger partial charge < -0.3 is 4.74 Å². The number of fused-ring (bicyclic) bond motifs is 5. The van der Waals surface area contributed by atoms with Gasteiger partial charge in [-0.2, -0.15) is 5.26 Å². The first-order valence-corrected chi connectivity index (χ1v) is 9.21. The van der Waals surface area contributed by atoms with Gasteiger partial charge in [-0.15, -0.1) is 0 Å². The Morgan fingerprint density at radius 1 is 1.26 bits per heavy atom. The zero-order valence-electron chi connectivity index (χ0n) is 14.3. The van der Waals surface area contributed by atoms with Crippen molar-refractivity contribution in [1.29, 1.82) is 5.26 Å². The van der Waals surface area contributed by atoms with Crippen molar-refractivity contribution in [3.8, 4) is 11.8 Å². The minimum Gasteiger partial charge on any atom is -0.497 e. The molecule has 0 spiro atoms. The highest BCUT2D eigenvalue weighted by molar-refractivity contribution is 5.41. The number of nitrogens with zero attached hydrogens (tertiary/aromatic N) is 1. The van der Waals surface area contributed by atoms with Crippen LogP contribution in [-0.4, -0.2) is 7.11 Å². The monoisotopic (exact) mass is 309 g/mol. The molecule has 0 saturated heterocycles. The number of hydrogen-bond donors (Lipinski definition) is 0. The van der Waals surface area contributed by atoms with Crippen molar-refractivity contribution in [2.75, 3.05) is 7.11 Å². The van der Waals surface area contributed by atoms with Gasteiger partial charge in [0.05, 0.1) is 13.2 Å². The van der Waals surface area contributed by atoms with Crippen molar-refractivity contribution in [2.24, 2.45) is 23.2 Å². The number of rotatable bonds is 2. The maximum atomic E-state index is 9.19. The molecule has 3 aliphatic rings. The fourth-order valence-electron chi connectivity index (χ4n) is 6.23. The van der Waals surface area contributed by atoms with Crippen molar-refractivity contribution in [1.82, 2.24) is 0 Å². The third-order valence-corrected chi connectivity index (χ3v) is 7.47. The van der Waals surface area contributed by atoms with E-state index in [2.05, 4.69) is 31.2 Å². The third-order valence-electron chi connectivity index (χ3n) is 7.47. The van der Waals surface area contributed by atoms with Crippen molar-refractivity contribution < 1.29 is 4.74 Å². The molecule has 4 rings (SSSR count). The Labute approximate surface area is 139 Å². The van der Waals surface area contributed by atoms with Gasteiger partial charge in [0.25, 0.3) is 0 Å². The van der Waals surface area contributed by atoms with E-state index in [4.69, 9.17) is 4.74 Å². The van der Waals surface area contributed by atoms with Crippen LogP contribution in [0, 0.1) is 34.5 Å². The van der Waals surface area contributed by atoms with Gasteiger partial charge in [0.2, 0.25) is 0 Å². The average molecular weight is 309 g/mol. The molecular weight excluding hydrogens is 282 g/mol. The lowest BCUT2D eigenvalue weighted by atomic mass is 9.54. The molecule has 0 aromatic heterocycles. The summed E-state index contributed by atoms with van der Waals surface area (Å²) in [5.74, 6) is 3.99. The predicted octanol–water partition coefficient (Wildman–Crippen LogP) is 5.08. The smallest absolute Gasteiger partial charge is 0.119 e. The Hall–Kier alpha value is -1.49. The van der Waals surface area contributed by atoms with Gasteiger partial charge in [-0.25, -0.2) is 0 Å². The molecule has 0 bridgehead atoms. The molecule has 0 radical (unpaired) electrons. The lowest BCUT2D eigenvalue weighted by Gasteiger charge is -2.51. The lowest BCUT2D eigenvalue weighted by molar-refractivity contribution is 0.0297. The number of nitriles is 1. The van der Waals surface area contributed by atoms with Gasteiger partial charge in [-0.1, -0.05) is 13.0 Å². The van der Waals surface area contributed by atoms with Gasteiger partial charge in [0, 0.05) is 6.42 Å². The van der Waals surface area contributed by atoms with E-state index in [1.165, 1.54) is 38.5 Å². The van der Waals surface area contributed by atoms with Crippen LogP contribution in [0.2, 0.25) is 0 Å². The summed E-state index contributed by atoms with van der Waals surface area (Å²) in [5.41, 5.74) is 3.52. The molecule has 0 heterocycles. The summed E-state index contributed by atoms with van der Waals surface area (Å²) >= 11 is 0. The molecule has 1 aromatic carbocycles. The van der Waals surface area contributed by atoms with Crippen molar-refractivity contribution >= 4 is 0 Å². The highest BCUT2D eigenvalue weighted by atomic mass is 16.5. The van der Waals surface area contributed by atoms with E-state index in [0.717, 1.165) is 24.0 Å². The predicted molar refractivity (Wildman–Crippen MR) is 91.3 cm³/mol. The summed E-state index contributed by atoms with van der Waals surface area (Å²) in [6.07, 6.45) is 8.50. The number of benzene rings is 1. The van der Waals surface area contributed by atoms with Crippen LogP contribution in [0.5, 0.6) is 5.75 Å². The molecular formula is C21H27NO. The number of hydrogen-bond acceptors (Lipinski definition) is 2. The maximum Gasteiger partial charge on any atom is 0.119 e. The maximum absolute atomic E-state index is 9.19. The summed E-state index contributed by atoms with van der Waals surface area (Å²) in [5, 5.41) is 9.19. The van der Waals surface area contributed by atoms with Gasteiger partial charge in [0.1, 0.15) is 5.75 Å². The Kier molecular flexibility index (Phi) is 3.63. The number of aryl methyl sites for hydroxylation is 1. The normalized spacial score (nSPS) is 38.1. The largest absolute Gasteiger partial charge is 0.497 e. The van der Waals surface area contributed by atoms with Crippen LogP contribution in [0.15, 0.2) is 18.2 Å². The molecule has 3 aliphatic carbocycles. The van der Waals surface area contributed by atoms with E-state index in [9.17, 15) is 5.26 Å². The van der Waals surface area contributed by atoms with E-state index in [0.29, 0.717) is 17.3 Å². The fraction of sp³-hybridized carbons (Fsp3) is 0.667. The molecule has 23 heavy (non-hydrogen) atoms. The second kappa shape index (κ2) is 5.55. The standard InChI is InChI=1S/C21H27NO/c1-21-11-9-17-18(20(21)8-5-15(21)10-12-22)7-4-14-3-6-16(23-2)13-19(14)17/h3,6,13,15,17-18,20H,4-5,7-11H2,1-2H3/t15-,17+,18-,20+,21-/m1/s1. The summed E-state index contributed by atoms with van der Waals surface area (Å²) < 4.78 is 5.48. The zero-order valence-corrected chi connectivity index (χ0v) is 14.3. The molecule has 2 saturated carbocycles. The molecule has 0 unspecified atom stereocenters. The Bertz CT molecular complexity index is 646. The quantitative estimate of drug-likeness (QED) is 0.763. The SMILES string of the molecule is COc1ccc2c(c1)[C@H]1CC[C@]3(C)[C@@H](CC#N)CC[C@H]3[C@@H]1CC2. The minimum absolute atomic E-state index is 0.410. The second-order valence-corrected chi connectivity index (χ2v) is 8.16. The first kappa shape index (κ1) is 15.1. The van der Waals surface area contributed by atoms with E-state index in [-0.39, 0.29) is 0 Å². The average Bonchev–Trinajstić information content (AvgIpc) is 2.91. The van der Waals surface area contributed by atoms with Gasteiger partial charge in [-0.05, 0) is 90.9 Å². The molecule has 0 amide bonds. The molecule has 1 aromatic rings. The Morgan fingerprint density at radius 2 is 2.13 bits per heavy atom. The van der Waals surface area contributed by atoms with E-state index in [1.54, 1.807) is 18.2 Å². The van der Waals surface area contributed by atoms with Gasteiger partial charge in [-0.3, -0.25) is 0 Å². The summed E-state index contributed by atoms with van der Waals surface area (Å²) in [7, 11) is 1.77. The van der Waals surface area contributed by atoms with Crippen LogP contribution in [0.1, 0.15) is 62.5 Å². The van der Waals surface area contributed by atoms with E-state index in [1.807, 2.05) is 0 Å². The molecule has 122 valence electrons. The van der Waals surface area contributed by atoms with Crippen LogP contribution in [0.4, 0.5) is 0 Å². The topological polar surface area (TPSA) is 33.0 Å². The van der Waals surface area contributed by atoms with Crippen molar-refractivity contribution in [3.05, 3.63) is 29.3 Å². The van der Waals surface area contributed by atoms with Crippen molar-refractivity contribution in [2.45, 2.75) is 57.8 Å². The highest BCUT2D eigenvalue weighted by Crippen LogP contribution is 2.63. The molecule has 5 atom stereocenters. The first-order valence-electron chi connectivity index (χ1n) is 9.21. The highest BCUT2D eigenvalue weighted by Gasteiger charge is 2.54. The summed E-state index contributed by atoms with van der Waals surface area (Å²) in [6.45, 7) is 2.49. The number of ether oxygens (including phenoxy) is 1. The molecule has 0 N–H and O–H groups in total. The van der Waals surface area contributed by atoms with Gasteiger partial charge >= 0.3 is 0 Å². The van der Waals surface area contributed by atoms with E-state index < -0.39 is 0 Å². The van der Waals surface area contributed by atoms with Crippen LogP contribution in [-0.2, 0) is 6.42 Å². The van der Waals surface area contributed by atoms with Crippen molar-refractivity contribution in [3.63, 3.8) is 0 Å². The van der Waals surface area contributed by atoms with Crippen LogP contribution < -0.4 is 4.74 Å². The zero-order chi connectivity index (χ0) is 16.0. The summed E-state index contributed by atoms with van der Waals surface area (Å²) in [6, 6.07) is 9.15. The fourth-order valence-corrected chi connectivity index (χ4v) is 6.23. The molecule has 2 fully saturated rings. The van der Waals surface area contributed by atoms with Crippen LogP contribution in [0.25, 0.3) is 0 Å². The first-order chi connectivity index (χ1) is 11.2.